The van der Waals surface area contributed by atoms with Crippen LogP contribution in [0.1, 0.15) is 16.7 Å². The number of benzene rings is 4. The van der Waals surface area contributed by atoms with Gasteiger partial charge in [0, 0.05) is 6.54 Å². The summed E-state index contributed by atoms with van der Waals surface area (Å²) in [7, 11) is -4.02. The number of halogens is 2. The molecule has 10 heteroatoms. The molecule has 0 heterocycles. The molecule has 200 valence electrons. The first-order valence-corrected chi connectivity index (χ1v) is 14.1. The molecule has 4 rings (SSSR count). The summed E-state index contributed by atoms with van der Waals surface area (Å²) in [5.41, 5.74) is 4.58. The summed E-state index contributed by atoms with van der Waals surface area (Å²) in [6.07, 6.45) is 1.45. The monoisotopic (exact) mass is 581 g/mol. The average Bonchev–Trinajstić information content (AvgIpc) is 2.91. The first-order chi connectivity index (χ1) is 18.7. The van der Waals surface area contributed by atoms with Gasteiger partial charge in [-0.1, -0.05) is 77.3 Å². The first-order valence-electron chi connectivity index (χ1n) is 11.9. The Balaban J connectivity index is 1.47. The summed E-state index contributed by atoms with van der Waals surface area (Å²) in [5.74, 6) is 0.684. The van der Waals surface area contributed by atoms with Crippen molar-refractivity contribution in [2.75, 3.05) is 6.54 Å². The second-order valence-corrected chi connectivity index (χ2v) is 11.4. The lowest BCUT2D eigenvalue weighted by Crippen LogP contribution is -2.39. The van der Waals surface area contributed by atoms with Crippen LogP contribution in [0.3, 0.4) is 0 Å². The highest BCUT2D eigenvalue weighted by Gasteiger charge is 2.27. The molecular formula is C29H25Cl2N3O4S. The van der Waals surface area contributed by atoms with Crippen LogP contribution in [-0.4, -0.2) is 31.4 Å². The number of rotatable bonds is 10. The zero-order valence-corrected chi connectivity index (χ0v) is 23.2. The van der Waals surface area contributed by atoms with Crippen LogP contribution in [0.5, 0.6) is 11.5 Å². The normalized spacial score (nSPS) is 11.6. The highest BCUT2D eigenvalue weighted by Crippen LogP contribution is 2.25. The van der Waals surface area contributed by atoms with E-state index in [1.54, 1.807) is 54.6 Å². The third-order valence-corrected chi connectivity index (χ3v) is 8.11. The van der Waals surface area contributed by atoms with Gasteiger partial charge in [0.2, 0.25) is 10.0 Å². The van der Waals surface area contributed by atoms with Crippen molar-refractivity contribution in [1.29, 1.82) is 0 Å². The van der Waals surface area contributed by atoms with Crippen molar-refractivity contribution in [3.8, 4) is 11.5 Å². The zero-order valence-electron chi connectivity index (χ0n) is 20.9. The van der Waals surface area contributed by atoms with Gasteiger partial charge in [0.1, 0.15) is 11.5 Å². The van der Waals surface area contributed by atoms with E-state index in [2.05, 4.69) is 10.5 Å². The lowest BCUT2D eigenvalue weighted by Gasteiger charge is -2.22. The molecular weight excluding hydrogens is 557 g/mol. The molecule has 7 nitrogen and oxygen atoms in total. The number of hydrazone groups is 1. The molecule has 1 amide bonds. The first kappa shape index (κ1) is 28.3. The molecule has 0 aliphatic rings. The maximum atomic E-state index is 13.5. The number of hydrogen-bond acceptors (Lipinski definition) is 5. The van der Waals surface area contributed by atoms with E-state index in [0.29, 0.717) is 27.6 Å². The third kappa shape index (κ3) is 7.91. The summed E-state index contributed by atoms with van der Waals surface area (Å²) in [6, 6.07) is 27.7. The van der Waals surface area contributed by atoms with E-state index >= 15 is 0 Å². The number of ether oxygens (including phenoxy) is 1. The molecule has 0 bridgehead atoms. The minimum absolute atomic E-state index is 0.0692. The standard InChI is InChI=1S/C29H25Cl2N3O4S/c1-21-10-13-26(14-11-21)39(36,37)34(19-23-12-15-27(30)28(31)17-23)20-29(35)33-32-18-22-6-5-9-25(16-22)38-24-7-3-2-4-8-24/h2-18H,19-20H2,1H3,(H,33,35)/b32-18-. The Morgan fingerprint density at radius 2 is 1.62 bits per heavy atom. The zero-order chi connectivity index (χ0) is 27.8. The average molecular weight is 583 g/mol. The smallest absolute Gasteiger partial charge is 0.255 e. The number of hydrogen-bond donors (Lipinski definition) is 1. The number of carbonyl (C=O) groups is 1. The van der Waals surface area contributed by atoms with Gasteiger partial charge in [-0.2, -0.15) is 9.41 Å². The number of carbonyl (C=O) groups excluding carboxylic acids is 1. The Labute approximate surface area is 237 Å². The highest BCUT2D eigenvalue weighted by atomic mass is 35.5. The van der Waals surface area contributed by atoms with Crippen molar-refractivity contribution in [3.63, 3.8) is 0 Å². The van der Waals surface area contributed by atoms with Crippen molar-refractivity contribution in [2.24, 2.45) is 5.10 Å². The van der Waals surface area contributed by atoms with Crippen LogP contribution in [0.25, 0.3) is 0 Å². The van der Waals surface area contributed by atoms with Crippen LogP contribution < -0.4 is 10.2 Å². The van der Waals surface area contributed by atoms with Crippen LogP contribution in [0.2, 0.25) is 10.0 Å². The van der Waals surface area contributed by atoms with E-state index in [1.165, 1.54) is 18.3 Å². The van der Waals surface area contributed by atoms with Gasteiger partial charge in [0.25, 0.3) is 5.91 Å². The van der Waals surface area contributed by atoms with Gasteiger partial charge in [-0.05, 0) is 66.6 Å². The Kier molecular flexibility index (Phi) is 9.37. The number of sulfonamides is 1. The van der Waals surface area contributed by atoms with E-state index in [1.807, 2.05) is 37.3 Å². The lowest BCUT2D eigenvalue weighted by atomic mass is 10.2. The molecule has 0 saturated heterocycles. The third-order valence-electron chi connectivity index (χ3n) is 5.56. The van der Waals surface area contributed by atoms with Crippen molar-refractivity contribution in [1.82, 2.24) is 9.73 Å². The van der Waals surface area contributed by atoms with Crippen molar-refractivity contribution in [2.45, 2.75) is 18.4 Å². The van der Waals surface area contributed by atoms with Crippen molar-refractivity contribution in [3.05, 3.63) is 124 Å². The lowest BCUT2D eigenvalue weighted by molar-refractivity contribution is -0.121. The van der Waals surface area contributed by atoms with Gasteiger partial charge in [0.05, 0.1) is 27.7 Å². The van der Waals surface area contributed by atoms with Crippen LogP contribution in [0.4, 0.5) is 0 Å². The molecule has 0 aromatic heterocycles. The SMILES string of the molecule is Cc1ccc(S(=O)(=O)N(CC(=O)N/N=C\c2cccc(Oc3ccccc3)c2)Cc2ccc(Cl)c(Cl)c2)cc1. The molecule has 0 atom stereocenters. The molecule has 0 aliphatic heterocycles. The fourth-order valence-electron chi connectivity index (χ4n) is 3.58. The molecule has 4 aromatic rings. The summed E-state index contributed by atoms with van der Waals surface area (Å²) < 4.78 is 33.8. The van der Waals surface area contributed by atoms with Gasteiger partial charge in [-0.3, -0.25) is 4.79 Å². The number of nitrogens with one attached hydrogen (secondary N) is 1. The van der Waals surface area contributed by atoms with Gasteiger partial charge in [0.15, 0.2) is 0 Å². The quantitative estimate of drug-likeness (QED) is 0.172. The van der Waals surface area contributed by atoms with Crippen LogP contribution in [-0.2, 0) is 21.4 Å². The van der Waals surface area contributed by atoms with E-state index in [9.17, 15) is 13.2 Å². The second kappa shape index (κ2) is 12.9. The molecule has 0 aliphatic carbocycles. The Hall–Kier alpha value is -3.69. The topological polar surface area (TPSA) is 88.1 Å². The van der Waals surface area contributed by atoms with Gasteiger partial charge < -0.3 is 4.74 Å². The molecule has 0 saturated carbocycles. The number of amides is 1. The second-order valence-electron chi connectivity index (χ2n) is 8.62. The molecule has 0 fully saturated rings. The molecule has 0 unspecified atom stereocenters. The Morgan fingerprint density at radius 3 is 2.33 bits per heavy atom. The fraction of sp³-hybridized carbons (Fsp3) is 0.103. The van der Waals surface area contributed by atoms with E-state index < -0.39 is 22.5 Å². The van der Waals surface area contributed by atoms with E-state index in [-0.39, 0.29) is 16.5 Å². The minimum atomic E-state index is -4.02. The maximum absolute atomic E-state index is 13.5. The number of nitrogens with zero attached hydrogens (tertiary/aromatic N) is 2. The largest absolute Gasteiger partial charge is 0.457 e. The molecule has 4 aromatic carbocycles. The van der Waals surface area contributed by atoms with Gasteiger partial charge in [-0.15, -0.1) is 0 Å². The number of aryl methyl sites for hydroxylation is 1. The van der Waals surface area contributed by atoms with Crippen molar-refractivity contribution >= 4 is 45.3 Å². The van der Waals surface area contributed by atoms with E-state index in [4.69, 9.17) is 27.9 Å². The fourth-order valence-corrected chi connectivity index (χ4v) is 5.29. The highest BCUT2D eigenvalue weighted by molar-refractivity contribution is 7.89. The predicted octanol–water partition coefficient (Wildman–Crippen LogP) is 6.44. The van der Waals surface area contributed by atoms with Gasteiger partial charge in [-0.25, -0.2) is 13.8 Å². The predicted molar refractivity (Wildman–Crippen MR) is 154 cm³/mol. The molecule has 1 N–H and O–H groups in total. The number of para-hydroxylation sites is 1. The summed E-state index contributed by atoms with van der Waals surface area (Å²) in [5, 5.41) is 4.63. The molecule has 0 spiro atoms. The maximum Gasteiger partial charge on any atom is 0.255 e. The minimum Gasteiger partial charge on any atom is -0.457 e. The van der Waals surface area contributed by atoms with Crippen LogP contribution >= 0.6 is 23.2 Å². The summed E-state index contributed by atoms with van der Waals surface area (Å²) in [6.45, 7) is 1.30. The summed E-state index contributed by atoms with van der Waals surface area (Å²) >= 11 is 12.1. The summed E-state index contributed by atoms with van der Waals surface area (Å²) in [4.78, 5) is 12.9. The van der Waals surface area contributed by atoms with Crippen LogP contribution in [0, 0.1) is 6.92 Å². The molecule has 0 radical (unpaired) electrons. The van der Waals surface area contributed by atoms with E-state index in [0.717, 1.165) is 9.87 Å². The Bertz CT molecular complexity index is 1580. The van der Waals surface area contributed by atoms with Gasteiger partial charge >= 0.3 is 0 Å². The van der Waals surface area contributed by atoms with Crippen molar-refractivity contribution < 1.29 is 17.9 Å². The Morgan fingerprint density at radius 1 is 0.897 bits per heavy atom. The molecule has 39 heavy (non-hydrogen) atoms. The van der Waals surface area contributed by atoms with Crippen LogP contribution in [0.15, 0.2) is 107 Å².